The zero-order valence-corrected chi connectivity index (χ0v) is 11.4. The molecular weight excluding hydrogens is 279 g/mol. The number of esters is 1. The monoisotopic (exact) mass is 292 g/mol. The highest BCUT2D eigenvalue weighted by Crippen LogP contribution is 2.18. The number of carbonyl (C=O) groups excluding carboxylic acids is 1. The first-order valence-electron chi connectivity index (χ1n) is 6.18. The number of rotatable bonds is 4. The number of benzene rings is 1. The van der Waals surface area contributed by atoms with Crippen LogP contribution in [0.3, 0.4) is 0 Å². The van der Waals surface area contributed by atoms with Crippen LogP contribution in [0.4, 0.5) is 4.39 Å². The van der Waals surface area contributed by atoms with Gasteiger partial charge in [0.2, 0.25) is 0 Å². The molecular formula is C14H13FN2O4. The molecule has 0 aliphatic carbocycles. The number of nitrogens with zero attached hydrogens (tertiary/aromatic N) is 2. The molecule has 110 valence electrons. The van der Waals surface area contributed by atoms with Crippen molar-refractivity contribution in [2.75, 3.05) is 0 Å². The third-order valence-corrected chi connectivity index (χ3v) is 2.71. The van der Waals surface area contributed by atoms with Crippen LogP contribution in [-0.4, -0.2) is 26.8 Å². The Balaban J connectivity index is 2.38. The molecule has 7 heteroatoms. The lowest BCUT2D eigenvalue weighted by Crippen LogP contribution is -2.20. The molecule has 0 aliphatic heterocycles. The smallest absolute Gasteiger partial charge is 0.362 e. The van der Waals surface area contributed by atoms with Crippen molar-refractivity contribution in [1.29, 1.82) is 0 Å². The second-order valence-corrected chi connectivity index (χ2v) is 4.60. The Labute approximate surface area is 119 Å². The highest BCUT2D eigenvalue weighted by atomic mass is 19.1. The number of hydrogen-bond acceptors (Lipinski definition) is 4. The van der Waals surface area contributed by atoms with Crippen LogP contribution in [0, 0.1) is 5.82 Å². The van der Waals surface area contributed by atoms with Gasteiger partial charge in [-0.25, -0.2) is 14.0 Å². The summed E-state index contributed by atoms with van der Waals surface area (Å²) in [4.78, 5) is 23.3. The molecule has 0 unspecified atom stereocenters. The normalized spacial score (nSPS) is 10.7. The Hall–Kier alpha value is -2.70. The second-order valence-electron chi connectivity index (χ2n) is 4.60. The molecule has 0 saturated heterocycles. The van der Waals surface area contributed by atoms with Crippen molar-refractivity contribution in [1.82, 2.24) is 9.78 Å². The lowest BCUT2D eigenvalue weighted by molar-refractivity contribution is 0.0661. The van der Waals surface area contributed by atoms with Gasteiger partial charge in [-0.1, -0.05) is 6.07 Å². The van der Waals surface area contributed by atoms with Gasteiger partial charge in [-0.05, 0) is 26.0 Å². The number of carboxylic acids is 1. The molecule has 0 aliphatic rings. The largest absolute Gasteiger partial charge is 0.478 e. The van der Waals surface area contributed by atoms with Crippen LogP contribution in [0.25, 0.3) is 0 Å². The first kappa shape index (κ1) is 14.7. The number of aromatic carboxylic acids is 1. The van der Waals surface area contributed by atoms with E-state index in [4.69, 9.17) is 9.84 Å². The van der Waals surface area contributed by atoms with Gasteiger partial charge in [-0.2, -0.15) is 5.10 Å². The summed E-state index contributed by atoms with van der Waals surface area (Å²) in [6.45, 7) is 3.50. The first-order valence-corrected chi connectivity index (χ1v) is 6.18. The predicted molar refractivity (Wildman–Crippen MR) is 70.9 cm³/mol. The van der Waals surface area contributed by atoms with Crippen molar-refractivity contribution in [3.05, 3.63) is 47.5 Å². The summed E-state index contributed by atoms with van der Waals surface area (Å²) in [6.07, 6.45) is 1.09. The van der Waals surface area contributed by atoms with Crippen molar-refractivity contribution in [3.63, 3.8) is 0 Å². The molecule has 1 aromatic carbocycles. The number of hydrogen-bond donors (Lipinski definition) is 1. The van der Waals surface area contributed by atoms with Crippen molar-refractivity contribution in [3.8, 4) is 5.75 Å². The van der Waals surface area contributed by atoms with Gasteiger partial charge in [-0.15, -0.1) is 0 Å². The fourth-order valence-corrected chi connectivity index (χ4v) is 1.80. The van der Waals surface area contributed by atoms with Gasteiger partial charge < -0.3 is 9.84 Å². The van der Waals surface area contributed by atoms with Crippen LogP contribution < -0.4 is 4.74 Å². The average molecular weight is 292 g/mol. The zero-order valence-electron chi connectivity index (χ0n) is 11.4. The molecule has 2 aromatic rings. The number of ether oxygens (including phenoxy) is 1. The van der Waals surface area contributed by atoms with Gasteiger partial charge in [0.1, 0.15) is 17.1 Å². The van der Waals surface area contributed by atoms with E-state index in [0.29, 0.717) is 0 Å². The molecule has 0 saturated carbocycles. The summed E-state index contributed by atoms with van der Waals surface area (Å²) >= 11 is 0. The minimum atomic E-state index is -1.28. The van der Waals surface area contributed by atoms with E-state index in [1.165, 1.54) is 22.9 Å². The standard InChI is InChI=1S/C14H13FN2O4/c1-8(2)17-12(11(7-16-17)13(18)19)14(20)21-10-5-3-4-9(15)6-10/h3-8H,1-2H3,(H,18,19). The van der Waals surface area contributed by atoms with Crippen molar-refractivity contribution in [2.24, 2.45) is 0 Å². The maximum atomic E-state index is 13.1. The number of aromatic nitrogens is 2. The maximum absolute atomic E-state index is 13.1. The fraction of sp³-hybridized carbons (Fsp3) is 0.214. The Morgan fingerprint density at radius 3 is 2.67 bits per heavy atom. The first-order chi connectivity index (χ1) is 9.90. The van der Waals surface area contributed by atoms with E-state index in [9.17, 15) is 14.0 Å². The van der Waals surface area contributed by atoms with Gasteiger partial charge in [0.15, 0.2) is 5.69 Å². The molecule has 1 heterocycles. The Kier molecular flexibility index (Phi) is 4.02. The Morgan fingerprint density at radius 2 is 2.10 bits per heavy atom. The van der Waals surface area contributed by atoms with Gasteiger partial charge in [0, 0.05) is 12.1 Å². The molecule has 1 aromatic heterocycles. The van der Waals surface area contributed by atoms with Gasteiger partial charge in [-0.3, -0.25) is 4.68 Å². The van der Waals surface area contributed by atoms with Crippen LogP contribution in [0.5, 0.6) is 5.75 Å². The second kappa shape index (κ2) is 5.74. The molecule has 0 atom stereocenters. The van der Waals surface area contributed by atoms with E-state index in [1.807, 2.05) is 0 Å². The van der Waals surface area contributed by atoms with Crippen LogP contribution in [0.15, 0.2) is 30.5 Å². The van der Waals surface area contributed by atoms with E-state index in [-0.39, 0.29) is 23.0 Å². The number of halogens is 1. The minimum absolute atomic E-state index is 0.00663. The van der Waals surface area contributed by atoms with E-state index >= 15 is 0 Å². The number of carboxylic acid groups (broad SMARTS) is 1. The average Bonchev–Trinajstić information content (AvgIpc) is 2.83. The highest BCUT2D eigenvalue weighted by molar-refractivity contribution is 6.01. The minimum Gasteiger partial charge on any atom is -0.478 e. The number of carbonyl (C=O) groups is 2. The molecule has 21 heavy (non-hydrogen) atoms. The summed E-state index contributed by atoms with van der Waals surface area (Å²) in [5.74, 6) is -2.75. The van der Waals surface area contributed by atoms with Crippen molar-refractivity contribution >= 4 is 11.9 Å². The van der Waals surface area contributed by atoms with Gasteiger partial charge in [0.25, 0.3) is 0 Å². The SMILES string of the molecule is CC(C)n1ncc(C(=O)O)c1C(=O)Oc1cccc(F)c1. The predicted octanol–water partition coefficient (Wildman–Crippen LogP) is 2.52. The Bertz CT molecular complexity index is 694. The van der Waals surface area contributed by atoms with Gasteiger partial charge in [0.05, 0.1) is 6.20 Å². The van der Waals surface area contributed by atoms with Crippen LogP contribution in [0.1, 0.15) is 40.7 Å². The molecule has 0 bridgehead atoms. The summed E-state index contributed by atoms with van der Waals surface area (Å²) in [7, 11) is 0. The van der Waals surface area contributed by atoms with Crippen LogP contribution in [0.2, 0.25) is 0 Å². The summed E-state index contributed by atoms with van der Waals surface area (Å²) < 4.78 is 19.3. The summed E-state index contributed by atoms with van der Waals surface area (Å²) in [5, 5.41) is 13.0. The molecule has 2 rings (SSSR count). The lowest BCUT2D eigenvalue weighted by Gasteiger charge is -2.11. The Morgan fingerprint density at radius 1 is 1.38 bits per heavy atom. The van der Waals surface area contributed by atoms with Gasteiger partial charge >= 0.3 is 11.9 Å². The van der Waals surface area contributed by atoms with E-state index < -0.39 is 17.8 Å². The molecule has 0 spiro atoms. The van der Waals surface area contributed by atoms with E-state index in [2.05, 4.69) is 5.10 Å². The molecule has 1 N–H and O–H groups in total. The topological polar surface area (TPSA) is 81.4 Å². The molecule has 0 radical (unpaired) electrons. The third-order valence-electron chi connectivity index (χ3n) is 2.71. The summed E-state index contributed by atoms with van der Waals surface area (Å²) in [5.41, 5.74) is -0.438. The summed E-state index contributed by atoms with van der Waals surface area (Å²) in [6, 6.07) is 4.80. The lowest BCUT2D eigenvalue weighted by atomic mass is 10.2. The third kappa shape index (κ3) is 3.07. The fourth-order valence-electron chi connectivity index (χ4n) is 1.80. The van der Waals surface area contributed by atoms with E-state index in [0.717, 1.165) is 12.3 Å². The van der Waals surface area contributed by atoms with Crippen molar-refractivity contribution in [2.45, 2.75) is 19.9 Å². The van der Waals surface area contributed by atoms with Crippen LogP contribution in [-0.2, 0) is 0 Å². The van der Waals surface area contributed by atoms with Crippen molar-refractivity contribution < 1.29 is 23.8 Å². The molecule has 0 fully saturated rings. The quantitative estimate of drug-likeness (QED) is 0.691. The zero-order chi connectivity index (χ0) is 15.6. The molecule has 6 nitrogen and oxygen atoms in total. The molecule has 0 amide bonds. The highest BCUT2D eigenvalue weighted by Gasteiger charge is 2.26. The van der Waals surface area contributed by atoms with E-state index in [1.54, 1.807) is 13.8 Å². The maximum Gasteiger partial charge on any atom is 0.362 e. The van der Waals surface area contributed by atoms with Crippen LogP contribution >= 0.6 is 0 Å².